The molecular weight excluding hydrogens is 434 g/mol. The molecule has 0 aliphatic rings. The molecule has 0 saturated carbocycles. The van der Waals surface area contributed by atoms with E-state index in [1.54, 1.807) is 31.2 Å². The van der Waals surface area contributed by atoms with Crippen molar-refractivity contribution in [1.29, 1.82) is 0 Å². The number of amides is 2. The Kier molecular flexibility index (Phi) is 6.67. The molecule has 0 unspecified atom stereocenters. The van der Waals surface area contributed by atoms with E-state index < -0.39 is 21.8 Å². The molecule has 32 heavy (non-hydrogen) atoms. The van der Waals surface area contributed by atoms with Crippen molar-refractivity contribution in [2.45, 2.75) is 18.4 Å². The first-order valence-corrected chi connectivity index (χ1v) is 10.9. The molecule has 11 heteroatoms. The van der Waals surface area contributed by atoms with Crippen LogP contribution in [0.1, 0.15) is 27.8 Å². The van der Waals surface area contributed by atoms with Gasteiger partial charge in [-0.15, -0.1) is 6.42 Å². The highest BCUT2D eigenvalue weighted by molar-refractivity contribution is 7.89. The number of nitrogens with zero attached hydrogens (tertiary/aromatic N) is 2. The molecule has 0 atom stereocenters. The van der Waals surface area contributed by atoms with Gasteiger partial charge in [0.1, 0.15) is 0 Å². The highest BCUT2D eigenvalue weighted by Crippen LogP contribution is 2.14. The van der Waals surface area contributed by atoms with Gasteiger partial charge in [-0.25, -0.2) is 13.1 Å². The van der Waals surface area contributed by atoms with Crippen molar-refractivity contribution >= 4 is 32.6 Å². The number of sulfonamides is 1. The summed E-state index contributed by atoms with van der Waals surface area (Å²) >= 11 is 0. The van der Waals surface area contributed by atoms with Gasteiger partial charge in [-0.2, -0.15) is 9.82 Å². The smallest absolute Gasteiger partial charge is 0.267 e. The van der Waals surface area contributed by atoms with E-state index in [0.29, 0.717) is 10.8 Å². The van der Waals surface area contributed by atoms with E-state index in [0.717, 1.165) is 10.7 Å². The van der Waals surface area contributed by atoms with Crippen LogP contribution in [0.25, 0.3) is 10.8 Å². The van der Waals surface area contributed by atoms with Crippen LogP contribution in [0, 0.1) is 12.3 Å². The number of aryl methyl sites for hydroxylation is 1. The second kappa shape index (κ2) is 9.42. The zero-order chi connectivity index (χ0) is 23.3. The molecule has 0 saturated heterocycles. The molecule has 0 spiro atoms. The van der Waals surface area contributed by atoms with E-state index in [-0.39, 0.29) is 34.8 Å². The number of hydrogen-bond donors (Lipinski definition) is 3. The Hall–Kier alpha value is -4.01. The number of hydrogen-bond acceptors (Lipinski definition) is 6. The molecule has 10 nitrogen and oxygen atoms in total. The Balaban J connectivity index is 1.81. The molecule has 2 amide bonds. The average molecular weight is 453 g/mol. The van der Waals surface area contributed by atoms with Gasteiger partial charge in [0.25, 0.3) is 17.4 Å². The Morgan fingerprint density at radius 2 is 1.75 bits per heavy atom. The second-order valence-electron chi connectivity index (χ2n) is 6.48. The first-order chi connectivity index (χ1) is 15.3. The van der Waals surface area contributed by atoms with Gasteiger partial charge in [0.05, 0.1) is 16.8 Å². The third-order valence-electron chi connectivity index (χ3n) is 4.44. The molecule has 3 rings (SSSR count). The first-order valence-electron chi connectivity index (χ1n) is 9.42. The van der Waals surface area contributed by atoms with E-state index in [4.69, 9.17) is 6.42 Å². The highest BCUT2D eigenvalue weighted by atomic mass is 32.2. The van der Waals surface area contributed by atoms with Crippen LogP contribution in [0.2, 0.25) is 0 Å². The number of hydrazine groups is 1. The molecule has 3 N–H and O–H groups in total. The van der Waals surface area contributed by atoms with Crippen molar-refractivity contribution in [3.63, 3.8) is 0 Å². The fourth-order valence-electron chi connectivity index (χ4n) is 2.89. The Labute approximate surface area is 183 Å². The predicted octanol–water partition coefficient (Wildman–Crippen LogP) is 0.403. The highest BCUT2D eigenvalue weighted by Gasteiger charge is 2.18. The lowest BCUT2D eigenvalue weighted by molar-refractivity contribution is 0.0843. The lowest BCUT2D eigenvalue weighted by Gasteiger charge is -2.11. The van der Waals surface area contributed by atoms with Crippen LogP contribution in [0.4, 0.5) is 0 Å². The average Bonchev–Trinajstić information content (AvgIpc) is 2.81. The Morgan fingerprint density at radius 3 is 2.44 bits per heavy atom. The van der Waals surface area contributed by atoms with Gasteiger partial charge in [0, 0.05) is 17.5 Å². The maximum Gasteiger partial charge on any atom is 0.290 e. The van der Waals surface area contributed by atoms with Crippen LogP contribution < -0.4 is 21.1 Å². The first kappa shape index (κ1) is 22.7. The summed E-state index contributed by atoms with van der Waals surface area (Å²) in [5.41, 5.74) is 4.08. The minimum absolute atomic E-state index is 0.00905. The van der Waals surface area contributed by atoms with Crippen LogP contribution in [-0.4, -0.2) is 36.6 Å². The number of carbonyl (C=O) groups excluding carboxylic acids is 2. The van der Waals surface area contributed by atoms with Gasteiger partial charge >= 0.3 is 0 Å². The van der Waals surface area contributed by atoms with Crippen molar-refractivity contribution < 1.29 is 18.0 Å². The molecule has 1 heterocycles. The van der Waals surface area contributed by atoms with Crippen LogP contribution in [0.3, 0.4) is 0 Å². The number of aromatic nitrogens is 2. The van der Waals surface area contributed by atoms with Crippen LogP contribution in [-0.2, 0) is 16.6 Å². The molecular formula is C21H19N5O5S. The van der Waals surface area contributed by atoms with Gasteiger partial charge in [-0.3, -0.25) is 25.2 Å². The third-order valence-corrected chi connectivity index (χ3v) is 5.84. The largest absolute Gasteiger partial charge is 0.290 e. The fourth-order valence-corrected chi connectivity index (χ4v) is 3.87. The number of carbonyl (C=O) groups is 2. The normalized spacial score (nSPS) is 11.0. The molecule has 2 aromatic carbocycles. The number of rotatable bonds is 6. The van der Waals surface area contributed by atoms with Crippen molar-refractivity contribution in [2.24, 2.45) is 0 Å². The summed E-state index contributed by atoms with van der Waals surface area (Å²) < 4.78 is 27.7. The van der Waals surface area contributed by atoms with E-state index in [1.807, 2.05) is 0 Å². The third kappa shape index (κ3) is 4.66. The van der Waals surface area contributed by atoms with E-state index in [9.17, 15) is 22.8 Å². The second-order valence-corrected chi connectivity index (χ2v) is 8.25. The maximum atomic E-state index is 12.7. The number of nitrogens with one attached hydrogen (secondary N) is 3. The van der Waals surface area contributed by atoms with Crippen molar-refractivity contribution in [3.05, 3.63) is 70.1 Å². The van der Waals surface area contributed by atoms with E-state index in [2.05, 4.69) is 26.6 Å². The summed E-state index contributed by atoms with van der Waals surface area (Å²) in [4.78, 5) is 37.4. The minimum atomic E-state index is -3.89. The number of benzene rings is 2. The van der Waals surface area contributed by atoms with Crippen molar-refractivity contribution in [1.82, 2.24) is 25.4 Å². The van der Waals surface area contributed by atoms with Gasteiger partial charge in [-0.05, 0) is 31.2 Å². The molecule has 0 bridgehead atoms. The molecule has 164 valence electrons. The van der Waals surface area contributed by atoms with Crippen molar-refractivity contribution in [3.8, 4) is 12.3 Å². The topological polar surface area (TPSA) is 139 Å². The number of terminal acetylenes is 1. The summed E-state index contributed by atoms with van der Waals surface area (Å²) in [7, 11) is -3.89. The molecule has 1 aromatic heterocycles. The van der Waals surface area contributed by atoms with Crippen LogP contribution >= 0.6 is 0 Å². The zero-order valence-corrected chi connectivity index (χ0v) is 17.8. The lowest BCUT2D eigenvalue weighted by Crippen LogP contribution is -2.42. The summed E-state index contributed by atoms with van der Waals surface area (Å²) in [6, 6.07) is 11.7. The predicted molar refractivity (Wildman–Crippen MR) is 117 cm³/mol. The van der Waals surface area contributed by atoms with Gasteiger partial charge < -0.3 is 0 Å². The van der Waals surface area contributed by atoms with Gasteiger partial charge in [0.2, 0.25) is 10.0 Å². The zero-order valence-electron chi connectivity index (χ0n) is 17.0. The van der Waals surface area contributed by atoms with Gasteiger partial charge in [-0.1, -0.05) is 30.2 Å². The summed E-state index contributed by atoms with van der Waals surface area (Å²) in [5, 5.41) is 4.73. The summed E-state index contributed by atoms with van der Waals surface area (Å²) in [5.74, 6) is 0.670. The monoisotopic (exact) mass is 453 g/mol. The summed E-state index contributed by atoms with van der Waals surface area (Å²) in [6.07, 6.45) is 5.06. The lowest BCUT2D eigenvalue weighted by atomic mass is 10.1. The summed E-state index contributed by atoms with van der Waals surface area (Å²) in [6.45, 7) is 1.77. The Bertz CT molecular complexity index is 1410. The quantitative estimate of drug-likeness (QED) is 0.365. The molecule has 0 aliphatic heterocycles. The van der Waals surface area contributed by atoms with E-state index >= 15 is 0 Å². The van der Waals surface area contributed by atoms with Crippen LogP contribution in [0.15, 0.2) is 58.2 Å². The van der Waals surface area contributed by atoms with Gasteiger partial charge in [0.15, 0.2) is 5.69 Å². The molecule has 0 aliphatic carbocycles. The van der Waals surface area contributed by atoms with E-state index in [1.165, 1.54) is 18.2 Å². The SMILES string of the molecule is C#CCNS(=O)(=O)c1cccc(C(=O)NNC(=O)c2nn(CC)c(=O)c3ccccc23)c1. The molecule has 0 fully saturated rings. The molecule has 3 aromatic rings. The van der Waals surface area contributed by atoms with Crippen molar-refractivity contribution in [2.75, 3.05) is 6.54 Å². The number of fused-ring (bicyclic) bond motifs is 1. The minimum Gasteiger partial charge on any atom is -0.267 e. The maximum absolute atomic E-state index is 12.7. The fraction of sp³-hybridized carbons (Fsp3) is 0.143. The molecule has 0 radical (unpaired) electrons. The Morgan fingerprint density at radius 1 is 1.06 bits per heavy atom. The van der Waals surface area contributed by atoms with Crippen LogP contribution in [0.5, 0.6) is 0 Å². The standard InChI is InChI=1S/C21H19N5O5S/c1-3-12-22-32(30,31)15-9-7-8-14(13-15)19(27)23-24-20(28)18-16-10-5-6-11-17(16)21(29)26(4-2)25-18/h1,5-11,13,22H,4,12H2,2H3,(H,23,27)(H,24,28).